The van der Waals surface area contributed by atoms with Gasteiger partial charge in [0.25, 0.3) is 5.92 Å². The summed E-state index contributed by atoms with van der Waals surface area (Å²) in [6.07, 6.45) is 0.237. The van der Waals surface area contributed by atoms with E-state index in [2.05, 4.69) is 0 Å². The Labute approximate surface area is 65.4 Å². The number of alkyl halides is 2. The number of rotatable bonds is 3. The quantitative estimate of drug-likeness (QED) is 0.664. The summed E-state index contributed by atoms with van der Waals surface area (Å²) >= 11 is 0. The van der Waals surface area contributed by atoms with Crippen molar-refractivity contribution >= 4 is 0 Å². The standard InChI is InChI=1S/C7H14F2N2/c1-11(2)4-3-6(10)5-7(6,8)9/h3-5,10H2,1-2H3. The van der Waals surface area contributed by atoms with E-state index in [1.165, 1.54) is 0 Å². The molecule has 66 valence electrons. The van der Waals surface area contributed by atoms with Gasteiger partial charge in [0.15, 0.2) is 0 Å². The molecule has 0 radical (unpaired) electrons. The number of halogens is 2. The molecule has 1 unspecified atom stereocenters. The van der Waals surface area contributed by atoms with Gasteiger partial charge in [-0.1, -0.05) is 0 Å². The van der Waals surface area contributed by atoms with Gasteiger partial charge in [-0.25, -0.2) is 8.78 Å². The first-order chi connectivity index (χ1) is 4.87. The zero-order chi connectivity index (χ0) is 8.70. The molecule has 1 fully saturated rings. The van der Waals surface area contributed by atoms with Crippen molar-refractivity contribution in [1.82, 2.24) is 4.90 Å². The van der Waals surface area contributed by atoms with E-state index in [9.17, 15) is 8.78 Å². The Morgan fingerprint density at radius 1 is 1.45 bits per heavy atom. The Hall–Kier alpha value is -0.220. The predicted molar refractivity (Wildman–Crippen MR) is 39.7 cm³/mol. The molecule has 0 heterocycles. The Morgan fingerprint density at radius 2 is 1.91 bits per heavy atom. The van der Waals surface area contributed by atoms with Crippen LogP contribution in [0.4, 0.5) is 8.78 Å². The second-order valence-corrected chi connectivity index (χ2v) is 3.59. The molecule has 1 saturated carbocycles. The first kappa shape index (κ1) is 8.87. The highest BCUT2D eigenvalue weighted by molar-refractivity contribution is 5.15. The fourth-order valence-corrected chi connectivity index (χ4v) is 1.05. The number of nitrogens with two attached hydrogens (primary N) is 1. The highest BCUT2D eigenvalue weighted by atomic mass is 19.3. The van der Waals surface area contributed by atoms with Crippen molar-refractivity contribution in [2.24, 2.45) is 5.73 Å². The molecule has 4 heteroatoms. The largest absolute Gasteiger partial charge is 0.320 e. The third-order valence-electron chi connectivity index (χ3n) is 2.15. The molecular weight excluding hydrogens is 150 g/mol. The first-order valence-electron chi connectivity index (χ1n) is 3.69. The van der Waals surface area contributed by atoms with Gasteiger partial charge in [0, 0.05) is 6.42 Å². The zero-order valence-electron chi connectivity index (χ0n) is 6.90. The van der Waals surface area contributed by atoms with Crippen LogP contribution in [-0.2, 0) is 0 Å². The van der Waals surface area contributed by atoms with Crippen molar-refractivity contribution in [2.45, 2.75) is 24.3 Å². The van der Waals surface area contributed by atoms with Gasteiger partial charge in [0.05, 0.1) is 5.54 Å². The Kier molecular flexibility index (Phi) is 1.92. The molecular formula is C7H14F2N2. The average Bonchev–Trinajstić information content (AvgIpc) is 2.29. The summed E-state index contributed by atoms with van der Waals surface area (Å²) in [5.74, 6) is -2.61. The van der Waals surface area contributed by atoms with E-state index in [0.717, 1.165) is 0 Å². The maximum absolute atomic E-state index is 12.5. The lowest BCUT2D eigenvalue weighted by atomic mass is 10.2. The Bertz CT molecular complexity index is 159. The Balaban J connectivity index is 2.29. The fourth-order valence-electron chi connectivity index (χ4n) is 1.05. The zero-order valence-corrected chi connectivity index (χ0v) is 6.90. The van der Waals surface area contributed by atoms with Crippen molar-refractivity contribution < 1.29 is 8.78 Å². The summed E-state index contributed by atoms with van der Waals surface area (Å²) in [7, 11) is 3.70. The lowest BCUT2D eigenvalue weighted by molar-refractivity contribution is 0.0851. The van der Waals surface area contributed by atoms with Crippen LogP contribution in [0.25, 0.3) is 0 Å². The van der Waals surface area contributed by atoms with Gasteiger partial charge >= 0.3 is 0 Å². The lowest BCUT2D eigenvalue weighted by Gasteiger charge is -2.13. The second kappa shape index (κ2) is 2.38. The summed E-state index contributed by atoms with van der Waals surface area (Å²) in [4.78, 5) is 1.86. The summed E-state index contributed by atoms with van der Waals surface area (Å²) in [6, 6.07) is 0. The van der Waals surface area contributed by atoms with Crippen molar-refractivity contribution in [1.29, 1.82) is 0 Å². The van der Waals surface area contributed by atoms with E-state index in [1.807, 2.05) is 19.0 Å². The minimum Gasteiger partial charge on any atom is -0.320 e. The minimum atomic E-state index is -2.61. The van der Waals surface area contributed by atoms with Gasteiger partial charge in [-0.15, -0.1) is 0 Å². The first-order valence-corrected chi connectivity index (χ1v) is 3.69. The van der Waals surface area contributed by atoms with Gasteiger partial charge in [0.1, 0.15) is 0 Å². The van der Waals surface area contributed by atoms with E-state index in [4.69, 9.17) is 5.73 Å². The average molecular weight is 164 g/mol. The van der Waals surface area contributed by atoms with Crippen LogP contribution >= 0.6 is 0 Å². The van der Waals surface area contributed by atoms with Gasteiger partial charge in [-0.05, 0) is 27.1 Å². The molecule has 0 aliphatic heterocycles. The predicted octanol–water partition coefficient (Wildman–Crippen LogP) is 0.675. The van der Waals surface area contributed by atoms with Crippen molar-refractivity contribution in [3.63, 3.8) is 0 Å². The third-order valence-corrected chi connectivity index (χ3v) is 2.15. The maximum atomic E-state index is 12.5. The third kappa shape index (κ3) is 1.68. The second-order valence-electron chi connectivity index (χ2n) is 3.59. The molecule has 0 aromatic rings. The number of nitrogens with zero attached hydrogens (tertiary/aromatic N) is 1. The molecule has 1 atom stereocenters. The highest BCUT2D eigenvalue weighted by Crippen LogP contribution is 2.52. The smallest absolute Gasteiger partial charge is 0.267 e. The summed E-state index contributed by atoms with van der Waals surface area (Å²) in [5, 5.41) is 0. The SMILES string of the molecule is CN(C)CCC1(N)CC1(F)F. The number of hydrogen-bond acceptors (Lipinski definition) is 2. The van der Waals surface area contributed by atoms with Crippen LogP contribution in [0, 0.1) is 0 Å². The highest BCUT2D eigenvalue weighted by Gasteiger charge is 2.68. The Morgan fingerprint density at radius 3 is 2.18 bits per heavy atom. The molecule has 0 spiro atoms. The van der Waals surface area contributed by atoms with E-state index in [0.29, 0.717) is 13.0 Å². The molecule has 0 amide bonds. The van der Waals surface area contributed by atoms with Crippen LogP contribution < -0.4 is 5.73 Å². The molecule has 0 bridgehead atoms. The van der Waals surface area contributed by atoms with Crippen LogP contribution in [0.2, 0.25) is 0 Å². The van der Waals surface area contributed by atoms with Gasteiger partial charge in [0.2, 0.25) is 0 Å². The van der Waals surface area contributed by atoms with Crippen molar-refractivity contribution in [3.05, 3.63) is 0 Å². The number of hydrogen-bond donors (Lipinski definition) is 1. The molecule has 2 nitrogen and oxygen atoms in total. The van der Waals surface area contributed by atoms with Gasteiger partial charge in [-0.2, -0.15) is 0 Å². The van der Waals surface area contributed by atoms with Crippen LogP contribution in [0.5, 0.6) is 0 Å². The molecule has 1 aliphatic carbocycles. The fraction of sp³-hybridized carbons (Fsp3) is 1.00. The van der Waals surface area contributed by atoms with Crippen LogP contribution in [0.15, 0.2) is 0 Å². The topological polar surface area (TPSA) is 29.3 Å². The summed E-state index contributed by atoms with van der Waals surface area (Å²) in [5.41, 5.74) is 4.20. The molecule has 2 N–H and O–H groups in total. The van der Waals surface area contributed by atoms with Crippen LogP contribution in [-0.4, -0.2) is 37.0 Å². The van der Waals surface area contributed by atoms with E-state index >= 15 is 0 Å². The van der Waals surface area contributed by atoms with E-state index in [1.54, 1.807) is 0 Å². The van der Waals surface area contributed by atoms with Crippen molar-refractivity contribution in [3.8, 4) is 0 Å². The normalized spacial score (nSPS) is 34.4. The molecule has 0 saturated heterocycles. The lowest BCUT2D eigenvalue weighted by Crippen LogP contribution is -2.33. The van der Waals surface area contributed by atoms with E-state index < -0.39 is 11.5 Å². The summed E-state index contributed by atoms with van der Waals surface area (Å²) < 4.78 is 25.0. The monoisotopic (exact) mass is 164 g/mol. The van der Waals surface area contributed by atoms with Crippen LogP contribution in [0.3, 0.4) is 0 Å². The summed E-state index contributed by atoms with van der Waals surface area (Å²) in [6.45, 7) is 0.631. The van der Waals surface area contributed by atoms with E-state index in [-0.39, 0.29) is 6.42 Å². The van der Waals surface area contributed by atoms with Gasteiger partial charge < -0.3 is 10.6 Å². The molecule has 0 aromatic carbocycles. The van der Waals surface area contributed by atoms with Gasteiger partial charge in [-0.3, -0.25) is 0 Å². The molecule has 1 aliphatic rings. The van der Waals surface area contributed by atoms with Crippen molar-refractivity contribution in [2.75, 3.05) is 20.6 Å². The van der Waals surface area contributed by atoms with Crippen LogP contribution in [0.1, 0.15) is 12.8 Å². The minimum absolute atomic E-state index is 0.145. The maximum Gasteiger partial charge on any atom is 0.267 e. The molecule has 11 heavy (non-hydrogen) atoms. The molecule has 0 aromatic heterocycles. The molecule has 1 rings (SSSR count).